The quantitative estimate of drug-likeness (QED) is 0.514. The lowest BCUT2D eigenvalue weighted by Gasteiger charge is -2.24. The van der Waals surface area contributed by atoms with Crippen molar-refractivity contribution in [1.82, 2.24) is 0 Å². The Morgan fingerprint density at radius 3 is 1.64 bits per heavy atom. The average molecular weight is 241 g/mol. The van der Waals surface area contributed by atoms with Crippen molar-refractivity contribution < 1.29 is 22.0 Å². The maximum Gasteiger partial charge on any atom is 0.453 e. The molecule has 0 aromatic carbocycles. The molecule has 0 heterocycles. The highest BCUT2D eigenvalue weighted by atomic mass is 79.9. The molecule has 0 saturated heterocycles. The predicted molar refractivity (Wildman–Crippen MR) is 34.0 cm³/mol. The van der Waals surface area contributed by atoms with Gasteiger partial charge < -0.3 is 0 Å². The molecule has 0 bridgehead atoms. The van der Waals surface area contributed by atoms with Gasteiger partial charge in [-0.25, -0.2) is 0 Å². The van der Waals surface area contributed by atoms with Crippen LogP contribution in [-0.4, -0.2) is 17.4 Å². The van der Waals surface area contributed by atoms with Crippen LogP contribution in [0.1, 0.15) is 6.92 Å². The minimum atomic E-state index is -5.44. The van der Waals surface area contributed by atoms with Crippen LogP contribution < -0.4 is 0 Å². The van der Waals surface area contributed by atoms with E-state index in [1.807, 2.05) is 0 Å². The first-order valence-corrected chi connectivity index (χ1v) is 3.86. The molecule has 0 rings (SSSR count). The Labute approximate surface area is 68.9 Å². The van der Waals surface area contributed by atoms with E-state index in [1.165, 1.54) is 0 Å². The molecule has 0 fully saturated rings. The molecule has 0 amide bonds. The predicted octanol–water partition coefficient (Wildman–Crippen LogP) is 3.22. The van der Waals surface area contributed by atoms with Gasteiger partial charge in [0.1, 0.15) is 0 Å². The first-order chi connectivity index (χ1) is 4.73. The number of hydrogen-bond acceptors (Lipinski definition) is 0. The molecule has 1 atom stereocenters. The molecule has 6 heteroatoms. The average Bonchev–Trinajstić information content (AvgIpc) is 1.83. The topological polar surface area (TPSA) is 0 Å². The van der Waals surface area contributed by atoms with Crippen LogP contribution in [-0.2, 0) is 0 Å². The summed E-state index contributed by atoms with van der Waals surface area (Å²) in [5, 5.41) is -0.375. The lowest BCUT2D eigenvalue weighted by molar-refractivity contribution is -0.297. The summed E-state index contributed by atoms with van der Waals surface area (Å²) in [6.07, 6.45) is -5.44. The molecule has 0 spiro atoms. The van der Waals surface area contributed by atoms with Crippen molar-refractivity contribution in [3.05, 3.63) is 0 Å². The van der Waals surface area contributed by atoms with E-state index < -0.39 is 18.0 Å². The summed E-state index contributed by atoms with van der Waals surface area (Å²) in [5.74, 6) is -6.33. The molecule has 0 aliphatic rings. The Balaban J connectivity index is 4.45. The third kappa shape index (κ3) is 2.28. The van der Waals surface area contributed by atoms with Crippen molar-refractivity contribution in [2.24, 2.45) is 5.92 Å². The van der Waals surface area contributed by atoms with Crippen molar-refractivity contribution in [1.29, 1.82) is 0 Å². The Hall–Kier alpha value is 0.130. The van der Waals surface area contributed by atoms with E-state index in [-0.39, 0.29) is 5.33 Å². The van der Waals surface area contributed by atoms with Gasteiger partial charge in [0.25, 0.3) is 0 Å². The highest BCUT2D eigenvalue weighted by Gasteiger charge is 2.60. The molecule has 11 heavy (non-hydrogen) atoms. The minimum absolute atomic E-state index is 0.375. The molecule has 0 aromatic rings. The zero-order valence-electron chi connectivity index (χ0n) is 5.55. The fourth-order valence-corrected chi connectivity index (χ4v) is 0.783. The molecule has 0 aliphatic heterocycles. The summed E-state index contributed by atoms with van der Waals surface area (Å²) >= 11 is 2.56. The summed E-state index contributed by atoms with van der Waals surface area (Å²) in [7, 11) is 0. The van der Waals surface area contributed by atoms with Crippen molar-refractivity contribution in [3.8, 4) is 0 Å². The van der Waals surface area contributed by atoms with E-state index in [0.29, 0.717) is 0 Å². The van der Waals surface area contributed by atoms with Gasteiger partial charge >= 0.3 is 12.1 Å². The Morgan fingerprint density at radius 2 is 1.55 bits per heavy atom. The van der Waals surface area contributed by atoms with Gasteiger partial charge in [0, 0.05) is 11.2 Å². The first-order valence-electron chi connectivity index (χ1n) is 2.74. The molecule has 1 unspecified atom stereocenters. The second-order valence-corrected chi connectivity index (χ2v) is 2.82. The molecule has 68 valence electrons. The van der Waals surface area contributed by atoms with Crippen LogP contribution in [0.2, 0.25) is 0 Å². The van der Waals surface area contributed by atoms with E-state index in [9.17, 15) is 22.0 Å². The summed E-state index contributed by atoms with van der Waals surface area (Å²) in [4.78, 5) is 0. The largest absolute Gasteiger partial charge is 0.453 e. The molecule has 0 aliphatic carbocycles. The highest BCUT2D eigenvalue weighted by Crippen LogP contribution is 2.41. The van der Waals surface area contributed by atoms with Gasteiger partial charge in [-0.1, -0.05) is 22.9 Å². The SMILES string of the molecule is CC(CBr)C(F)(F)C(F)(F)F. The van der Waals surface area contributed by atoms with E-state index in [2.05, 4.69) is 15.9 Å². The zero-order chi connectivity index (χ0) is 9.28. The van der Waals surface area contributed by atoms with Crippen molar-refractivity contribution in [2.75, 3.05) is 5.33 Å². The van der Waals surface area contributed by atoms with Gasteiger partial charge in [0.05, 0.1) is 0 Å². The van der Waals surface area contributed by atoms with Gasteiger partial charge in [-0.15, -0.1) is 0 Å². The van der Waals surface area contributed by atoms with Gasteiger partial charge in [-0.2, -0.15) is 22.0 Å². The van der Waals surface area contributed by atoms with Crippen LogP contribution in [0.25, 0.3) is 0 Å². The van der Waals surface area contributed by atoms with Crippen molar-refractivity contribution in [3.63, 3.8) is 0 Å². The second-order valence-electron chi connectivity index (χ2n) is 2.18. The molecule has 0 N–H and O–H groups in total. The van der Waals surface area contributed by atoms with Crippen LogP contribution in [0.4, 0.5) is 22.0 Å². The fraction of sp³-hybridized carbons (Fsp3) is 1.00. The lowest BCUT2D eigenvalue weighted by atomic mass is 10.1. The highest BCUT2D eigenvalue weighted by molar-refractivity contribution is 9.09. The molecule has 0 aromatic heterocycles. The number of alkyl halides is 6. The van der Waals surface area contributed by atoms with Crippen molar-refractivity contribution >= 4 is 15.9 Å². The van der Waals surface area contributed by atoms with Gasteiger partial charge in [0.2, 0.25) is 0 Å². The van der Waals surface area contributed by atoms with Gasteiger partial charge in [-0.3, -0.25) is 0 Å². The number of hydrogen-bond donors (Lipinski definition) is 0. The molecule has 0 nitrogen and oxygen atoms in total. The zero-order valence-corrected chi connectivity index (χ0v) is 7.14. The smallest absolute Gasteiger partial charge is 0.196 e. The molecule has 0 radical (unpaired) electrons. The second kappa shape index (κ2) is 3.25. The van der Waals surface area contributed by atoms with Gasteiger partial charge in [-0.05, 0) is 0 Å². The maximum atomic E-state index is 12.2. The standard InChI is InChI=1S/C5H6BrF5/c1-3(2-6)4(7,8)5(9,10)11/h3H,2H2,1H3. The van der Waals surface area contributed by atoms with E-state index in [0.717, 1.165) is 6.92 Å². The Kier molecular flexibility index (Phi) is 3.28. The van der Waals surface area contributed by atoms with Crippen LogP contribution in [0.5, 0.6) is 0 Å². The van der Waals surface area contributed by atoms with Crippen LogP contribution >= 0.6 is 15.9 Å². The van der Waals surface area contributed by atoms with Crippen LogP contribution in [0.3, 0.4) is 0 Å². The summed E-state index contributed by atoms with van der Waals surface area (Å²) in [6, 6.07) is 0. The lowest BCUT2D eigenvalue weighted by Crippen LogP contribution is -2.42. The van der Waals surface area contributed by atoms with E-state index in [1.54, 1.807) is 0 Å². The molecule has 0 saturated carbocycles. The molecular formula is C5H6BrF5. The summed E-state index contributed by atoms with van der Waals surface area (Å²) in [6.45, 7) is 0.836. The maximum absolute atomic E-state index is 12.2. The third-order valence-electron chi connectivity index (χ3n) is 1.23. The number of halogens is 6. The van der Waals surface area contributed by atoms with E-state index in [4.69, 9.17) is 0 Å². The molecular weight excluding hydrogens is 235 g/mol. The van der Waals surface area contributed by atoms with Crippen LogP contribution in [0.15, 0.2) is 0 Å². The van der Waals surface area contributed by atoms with Crippen molar-refractivity contribution in [2.45, 2.75) is 19.0 Å². The van der Waals surface area contributed by atoms with E-state index >= 15 is 0 Å². The summed E-state index contributed by atoms with van der Waals surface area (Å²) < 4.78 is 58.8. The normalized spacial score (nSPS) is 16.6. The Bertz CT molecular complexity index is 129. The fourth-order valence-electron chi connectivity index (χ4n) is 0.376. The van der Waals surface area contributed by atoms with Crippen LogP contribution in [0, 0.1) is 5.92 Å². The minimum Gasteiger partial charge on any atom is -0.196 e. The number of rotatable bonds is 2. The first kappa shape index (κ1) is 11.1. The Morgan fingerprint density at radius 1 is 1.18 bits per heavy atom. The third-order valence-corrected chi connectivity index (χ3v) is 2.20. The summed E-state index contributed by atoms with van der Waals surface area (Å²) in [5.41, 5.74) is 0. The monoisotopic (exact) mass is 240 g/mol. The van der Waals surface area contributed by atoms with Gasteiger partial charge in [0.15, 0.2) is 0 Å².